The molecule has 6 heteroatoms. The smallest absolute Gasteiger partial charge is 0.338 e. The Balaban J connectivity index is 3.31. The number of aryl methyl sites for hydroxylation is 2. The highest BCUT2D eigenvalue weighted by Crippen LogP contribution is 2.29. The quantitative estimate of drug-likeness (QED) is 0.473. The Morgan fingerprint density at radius 2 is 1.85 bits per heavy atom. The maximum absolute atomic E-state index is 12.1. The average molecular weight is 319 g/mol. The molecule has 0 fully saturated rings. The van der Waals surface area contributed by atoms with Crippen LogP contribution in [0, 0.1) is 20.8 Å². The summed E-state index contributed by atoms with van der Waals surface area (Å²) >= 11 is 0. The lowest BCUT2D eigenvalue weighted by Crippen LogP contribution is -2.13. The second-order valence-corrected chi connectivity index (χ2v) is 7.27. The number of hydrogen-bond donors (Lipinski definition) is 0. The van der Waals surface area contributed by atoms with Crippen LogP contribution in [0.5, 0.6) is 0 Å². The Hall–Kier alpha value is -1.07. The van der Waals surface area contributed by atoms with E-state index in [4.69, 9.17) is 15.4 Å². The van der Waals surface area contributed by atoms with Gasteiger partial charge in [0.25, 0.3) is 9.05 Å². The summed E-state index contributed by atoms with van der Waals surface area (Å²) in [7, 11) is 1.55. The Morgan fingerprint density at radius 1 is 1.25 bits per heavy atom. The van der Waals surface area contributed by atoms with E-state index in [1.54, 1.807) is 26.8 Å². The number of hydrogen-bond acceptors (Lipinski definition) is 4. The second kappa shape index (κ2) is 6.59. The first-order chi connectivity index (χ1) is 9.20. The number of esters is 1. The van der Waals surface area contributed by atoms with Crippen LogP contribution >= 0.6 is 10.7 Å². The molecule has 0 N–H and O–H groups in total. The first-order valence-electron chi connectivity index (χ1n) is 6.42. The number of halogens is 1. The van der Waals surface area contributed by atoms with E-state index in [2.05, 4.69) is 0 Å². The summed E-state index contributed by atoms with van der Waals surface area (Å²) in [6, 6.07) is 1.64. The number of benzene rings is 1. The molecule has 0 saturated heterocycles. The molecule has 1 aromatic rings. The predicted molar refractivity (Wildman–Crippen MR) is 78.9 cm³/mol. The molecule has 0 amide bonds. The molecule has 0 saturated carbocycles. The molecule has 112 valence electrons. The van der Waals surface area contributed by atoms with E-state index in [-0.39, 0.29) is 10.5 Å². The van der Waals surface area contributed by atoms with Crippen molar-refractivity contribution in [1.29, 1.82) is 0 Å². The van der Waals surface area contributed by atoms with Crippen molar-refractivity contribution >= 4 is 25.7 Å². The summed E-state index contributed by atoms with van der Waals surface area (Å²) in [5.74, 6) is -0.505. The Morgan fingerprint density at radius 3 is 2.35 bits per heavy atom. The van der Waals surface area contributed by atoms with Gasteiger partial charge in [0.15, 0.2) is 0 Å². The number of carbonyl (C=O) groups is 1. The van der Waals surface area contributed by atoms with Gasteiger partial charge in [-0.25, -0.2) is 13.2 Å². The van der Waals surface area contributed by atoms with Crippen molar-refractivity contribution in [3.63, 3.8) is 0 Å². The van der Waals surface area contributed by atoms with Crippen LogP contribution in [0.4, 0.5) is 0 Å². The molecule has 0 atom stereocenters. The molecule has 0 heterocycles. The third-order valence-corrected chi connectivity index (χ3v) is 4.66. The molecule has 0 radical (unpaired) electrons. The Kier molecular flexibility index (Phi) is 5.59. The highest BCUT2D eigenvalue weighted by Gasteiger charge is 2.24. The first-order valence-corrected chi connectivity index (χ1v) is 8.73. The summed E-state index contributed by atoms with van der Waals surface area (Å²) in [6.07, 6.45) is 1.69. The van der Waals surface area contributed by atoms with Gasteiger partial charge < -0.3 is 4.74 Å². The normalized spacial score (nSPS) is 11.4. The van der Waals surface area contributed by atoms with Crippen LogP contribution in [-0.2, 0) is 13.8 Å². The van der Waals surface area contributed by atoms with Gasteiger partial charge in [-0.15, -0.1) is 0 Å². The van der Waals surface area contributed by atoms with Crippen molar-refractivity contribution < 1.29 is 17.9 Å². The van der Waals surface area contributed by atoms with Crippen molar-refractivity contribution in [2.45, 2.75) is 45.4 Å². The molecule has 4 nitrogen and oxygen atoms in total. The van der Waals surface area contributed by atoms with Crippen LogP contribution in [0.15, 0.2) is 11.0 Å². The van der Waals surface area contributed by atoms with Gasteiger partial charge in [0.1, 0.15) is 0 Å². The average Bonchev–Trinajstić information content (AvgIpc) is 2.26. The minimum Gasteiger partial charge on any atom is -0.462 e. The zero-order valence-electron chi connectivity index (χ0n) is 12.1. The van der Waals surface area contributed by atoms with E-state index in [1.807, 2.05) is 6.92 Å². The van der Waals surface area contributed by atoms with Gasteiger partial charge in [-0.3, -0.25) is 0 Å². The monoisotopic (exact) mass is 318 g/mol. The maximum Gasteiger partial charge on any atom is 0.338 e. The van der Waals surface area contributed by atoms with Crippen molar-refractivity contribution in [3.8, 4) is 0 Å². The van der Waals surface area contributed by atoms with E-state index in [0.717, 1.165) is 12.8 Å². The summed E-state index contributed by atoms with van der Waals surface area (Å²) < 4.78 is 28.4. The highest BCUT2D eigenvalue weighted by atomic mass is 35.7. The van der Waals surface area contributed by atoms with Crippen LogP contribution in [0.2, 0.25) is 0 Å². The lowest BCUT2D eigenvalue weighted by Gasteiger charge is -2.14. The fourth-order valence-corrected chi connectivity index (χ4v) is 3.86. The molecule has 1 rings (SSSR count). The summed E-state index contributed by atoms with van der Waals surface area (Å²) in [5.41, 5.74) is 1.84. The maximum atomic E-state index is 12.1. The van der Waals surface area contributed by atoms with E-state index in [0.29, 0.717) is 23.3 Å². The zero-order chi connectivity index (χ0) is 15.5. The topological polar surface area (TPSA) is 60.4 Å². The Bertz CT molecular complexity index is 621. The second-order valence-electron chi connectivity index (χ2n) is 4.77. The molecule has 0 unspecified atom stereocenters. The first kappa shape index (κ1) is 17.0. The molecule has 20 heavy (non-hydrogen) atoms. The molecule has 1 aromatic carbocycles. The third kappa shape index (κ3) is 3.73. The molecular weight excluding hydrogens is 300 g/mol. The fraction of sp³-hybridized carbons (Fsp3) is 0.500. The standard InChI is InChI=1S/C14H19ClO4S/c1-5-6-7-19-14(16)12-9(2)8-10(3)13(11(12)4)20(15,17)18/h8H,5-7H2,1-4H3. The number of carbonyl (C=O) groups excluding carboxylic acids is 1. The summed E-state index contributed by atoms with van der Waals surface area (Å²) in [4.78, 5) is 12.1. The number of ether oxygens (including phenoxy) is 1. The third-order valence-electron chi connectivity index (χ3n) is 3.08. The Labute approximate surface area is 124 Å². The van der Waals surface area contributed by atoms with E-state index >= 15 is 0 Å². The van der Waals surface area contributed by atoms with Crippen molar-refractivity contribution in [1.82, 2.24) is 0 Å². The molecule has 0 aliphatic rings. The molecule has 0 bridgehead atoms. The minimum atomic E-state index is -3.90. The van der Waals surface area contributed by atoms with Gasteiger partial charge in [0.05, 0.1) is 17.1 Å². The number of rotatable bonds is 5. The molecule has 0 aromatic heterocycles. The van der Waals surface area contributed by atoms with Crippen LogP contribution in [0.1, 0.15) is 46.8 Å². The van der Waals surface area contributed by atoms with Crippen molar-refractivity contribution in [2.75, 3.05) is 6.61 Å². The van der Waals surface area contributed by atoms with Gasteiger partial charge in [-0.05, 0) is 43.9 Å². The predicted octanol–water partition coefficient (Wildman–Crippen LogP) is 3.50. The van der Waals surface area contributed by atoms with Crippen molar-refractivity contribution in [3.05, 3.63) is 28.3 Å². The molecule has 0 aliphatic carbocycles. The largest absolute Gasteiger partial charge is 0.462 e. The number of unbranched alkanes of at least 4 members (excludes halogenated alkanes) is 1. The summed E-state index contributed by atoms with van der Waals surface area (Å²) in [6.45, 7) is 7.30. The van der Waals surface area contributed by atoms with Gasteiger partial charge >= 0.3 is 5.97 Å². The van der Waals surface area contributed by atoms with Crippen LogP contribution in [0.25, 0.3) is 0 Å². The van der Waals surface area contributed by atoms with E-state index in [1.165, 1.54) is 0 Å². The highest BCUT2D eigenvalue weighted by molar-refractivity contribution is 8.13. The fourth-order valence-electron chi connectivity index (χ4n) is 2.24. The van der Waals surface area contributed by atoms with Crippen LogP contribution in [-0.4, -0.2) is 21.0 Å². The molecular formula is C14H19ClO4S. The van der Waals surface area contributed by atoms with Gasteiger partial charge in [-0.2, -0.15) is 0 Å². The van der Waals surface area contributed by atoms with Gasteiger partial charge in [0.2, 0.25) is 0 Å². The molecule has 0 spiro atoms. The summed E-state index contributed by atoms with van der Waals surface area (Å²) in [5, 5.41) is 0. The van der Waals surface area contributed by atoms with Crippen molar-refractivity contribution in [2.24, 2.45) is 0 Å². The van der Waals surface area contributed by atoms with Crippen LogP contribution < -0.4 is 0 Å². The van der Waals surface area contributed by atoms with E-state index < -0.39 is 15.0 Å². The van der Waals surface area contributed by atoms with Gasteiger partial charge in [-0.1, -0.05) is 19.4 Å². The SMILES string of the molecule is CCCCOC(=O)c1c(C)cc(C)c(S(=O)(=O)Cl)c1C. The molecule has 0 aliphatic heterocycles. The lowest BCUT2D eigenvalue weighted by molar-refractivity contribution is 0.0497. The lowest BCUT2D eigenvalue weighted by atomic mass is 10.00. The minimum absolute atomic E-state index is 0.00721. The van der Waals surface area contributed by atoms with E-state index in [9.17, 15) is 13.2 Å². The zero-order valence-corrected chi connectivity index (χ0v) is 13.7. The van der Waals surface area contributed by atoms with Crippen LogP contribution in [0.3, 0.4) is 0 Å². The van der Waals surface area contributed by atoms with Gasteiger partial charge in [0, 0.05) is 10.7 Å².